The highest BCUT2D eigenvalue weighted by Gasteiger charge is 1.99. The van der Waals surface area contributed by atoms with E-state index in [1.165, 1.54) is 11.1 Å². The Morgan fingerprint density at radius 3 is 2.46 bits per heavy atom. The summed E-state index contributed by atoms with van der Waals surface area (Å²) < 4.78 is 0. The maximum Gasteiger partial charge on any atom is 0.0669 e. The van der Waals surface area contributed by atoms with Gasteiger partial charge in [-0.2, -0.15) is 5.26 Å². The summed E-state index contributed by atoms with van der Waals surface area (Å²) in [7, 11) is 0. The highest BCUT2D eigenvalue weighted by Crippen LogP contribution is 2.22. The smallest absolute Gasteiger partial charge is 0.0669 e. The third-order valence-corrected chi connectivity index (χ3v) is 2.10. The number of nitrogens with zero attached hydrogens (tertiary/aromatic N) is 1. The fourth-order valence-corrected chi connectivity index (χ4v) is 1.46. The molecule has 0 amide bonds. The first kappa shape index (κ1) is 7.82. The molecule has 0 fully saturated rings. The summed E-state index contributed by atoms with van der Waals surface area (Å²) in [4.78, 5) is 0. The first-order valence-corrected chi connectivity index (χ1v) is 4.25. The van der Waals surface area contributed by atoms with Gasteiger partial charge in [-0.3, -0.25) is 0 Å². The molecule has 0 aromatic rings. The van der Waals surface area contributed by atoms with E-state index in [4.69, 9.17) is 5.26 Å². The van der Waals surface area contributed by atoms with E-state index < -0.39 is 0 Å². The lowest BCUT2D eigenvalue weighted by Gasteiger charge is -1.90. The second-order valence-electron chi connectivity index (χ2n) is 3.02. The molecule has 13 heavy (non-hydrogen) atoms. The Bertz CT molecular complexity index is 426. The molecule has 1 heteroatoms. The zero-order chi connectivity index (χ0) is 9.10. The molecule has 2 rings (SSSR count). The number of nitriles is 1. The predicted molar refractivity (Wildman–Crippen MR) is 52.4 cm³/mol. The van der Waals surface area contributed by atoms with Gasteiger partial charge in [0.2, 0.25) is 0 Å². The average molecular weight is 167 g/mol. The van der Waals surface area contributed by atoms with Gasteiger partial charge in [0.25, 0.3) is 0 Å². The first-order chi connectivity index (χ1) is 6.40. The van der Waals surface area contributed by atoms with Crippen molar-refractivity contribution in [2.45, 2.75) is 6.42 Å². The van der Waals surface area contributed by atoms with Gasteiger partial charge < -0.3 is 0 Å². The molecular weight excluding hydrogens is 158 g/mol. The Morgan fingerprint density at radius 2 is 1.69 bits per heavy atom. The standard InChI is InChI=1S/C12H9N/c13-8-7-10-3-1-4-11-5-2-6-12(11)9-10/h1-6,9H,7H2. The molecule has 0 radical (unpaired) electrons. The van der Waals surface area contributed by atoms with E-state index in [0.29, 0.717) is 6.42 Å². The summed E-state index contributed by atoms with van der Waals surface area (Å²) in [5, 5.41) is 8.57. The number of hydrogen-bond acceptors (Lipinski definition) is 1. The van der Waals surface area contributed by atoms with E-state index in [1.807, 2.05) is 18.2 Å². The largest absolute Gasteiger partial charge is 0.198 e. The van der Waals surface area contributed by atoms with Crippen molar-refractivity contribution in [3.05, 3.63) is 48.0 Å². The van der Waals surface area contributed by atoms with Gasteiger partial charge in [-0.25, -0.2) is 0 Å². The van der Waals surface area contributed by atoms with Gasteiger partial charge in [-0.15, -0.1) is 0 Å². The molecule has 0 aromatic carbocycles. The second-order valence-corrected chi connectivity index (χ2v) is 3.02. The topological polar surface area (TPSA) is 23.8 Å². The minimum absolute atomic E-state index is 0.481. The molecule has 0 N–H and O–H groups in total. The molecule has 0 unspecified atom stereocenters. The average Bonchev–Trinajstić information content (AvgIpc) is 2.46. The molecule has 62 valence electrons. The van der Waals surface area contributed by atoms with Gasteiger partial charge in [0, 0.05) is 0 Å². The van der Waals surface area contributed by atoms with Crippen molar-refractivity contribution in [1.29, 1.82) is 5.26 Å². The molecule has 0 saturated heterocycles. The Morgan fingerprint density at radius 1 is 1.00 bits per heavy atom. The summed E-state index contributed by atoms with van der Waals surface area (Å²) in [5.41, 5.74) is 3.50. The van der Waals surface area contributed by atoms with E-state index in [2.05, 4.69) is 30.3 Å². The van der Waals surface area contributed by atoms with Crippen LogP contribution in [-0.2, 0) is 6.42 Å². The number of rotatable bonds is 1. The minimum atomic E-state index is 0.481. The molecule has 0 heterocycles. The molecule has 0 atom stereocenters. The van der Waals surface area contributed by atoms with Gasteiger partial charge in [0.1, 0.15) is 0 Å². The summed E-state index contributed by atoms with van der Waals surface area (Å²) >= 11 is 0. The van der Waals surface area contributed by atoms with Gasteiger partial charge in [0.05, 0.1) is 12.5 Å². The third kappa shape index (κ3) is 1.52. The van der Waals surface area contributed by atoms with Crippen molar-refractivity contribution in [2.24, 2.45) is 0 Å². The highest BCUT2D eigenvalue weighted by molar-refractivity contribution is 5.66. The van der Waals surface area contributed by atoms with E-state index >= 15 is 0 Å². The maximum absolute atomic E-state index is 8.57. The second kappa shape index (κ2) is 3.28. The van der Waals surface area contributed by atoms with Crippen LogP contribution in [0.3, 0.4) is 0 Å². The zero-order valence-electron chi connectivity index (χ0n) is 7.20. The third-order valence-electron chi connectivity index (χ3n) is 2.10. The van der Waals surface area contributed by atoms with E-state index in [-0.39, 0.29) is 0 Å². The van der Waals surface area contributed by atoms with Crippen LogP contribution in [0.25, 0.3) is 11.1 Å². The Balaban J connectivity index is 2.53. The first-order valence-electron chi connectivity index (χ1n) is 4.25. The van der Waals surface area contributed by atoms with Crippen LogP contribution in [-0.4, -0.2) is 0 Å². The summed E-state index contributed by atoms with van der Waals surface area (Å²) in [6.07, 6.45) is 0.481. The van der Waals surface area contributed by atoms with Crippen molar-refractivity contribution >= 4 is 0 Å². The van der Waals surface area contributed by atoms with Crippen LogP contribution in [0.5, 0.6) is 0 Å². The predicted octanol–water partition coefficient (Wildman–Crippen LogP) is 2.86. The fraction of sp³-hybridized carbons (Fsp3) is 0.0833. The van der Waals surface area contributed by atoms with Crippen LogP contribution in [0, 0.1) is 11.3 Å². The normalized spacial score (nSPS) is 9.77. The molecule has 0 saturated carbocycles. The molecule has 0 bridgehead atoms. The van der Waals surface area contributed by atoms with Crippen molar-refractivity contribution in [1.82, 2.24) is 0 Å². The van der Waals surface area contributed by atoms with Crippen LogP contribution >= 0.6 is 0 Å². The molecular formula is C12H9N. The van der Waals surface area contributed by atoms with Crippen molar-refractivity contribution in [3.63, 3.8) is 0 Å². The molecule has 2 aliphatic rings. The fourth-order valence-electron chi connectivity index (χ4n) is 1.46. The Labute approximate surface area is 77.6 Å². The van der Waals surface area contributed by atoms with Crippen LogP contribution in [0.4, 0.5) is 0 Å². The Kier molecular flexibility index (Phi) is 1.97. The summed E-state index contributed by atoms with van der Waals surface area (Å²) in [6, 6.07) is 16.4. The molecule has 0 aliphatic heterocycles. The van der Waals surface area contributed by atoms with Gasteiger partial charge in [-0.1, -0.05) is 42.5 Å². The quantitative estimate of drug-likeness (QED) is 0.640. The molecule has 0 aromatic heterocycles. The maximum atomic E-state index is 8.57. The zero-order valence-corrected chi connectivity index (χ0v) is 7.20. The minimum Gasteiger partial charge on any atom is -0.198 e. The van der Waals surface area contributed by atoms with E-state index in [0.717, 1.165) is 5.56 Å². The summed E-state index contributed by atoms with van der Waals surface area (Å²) in [5.74, 6) is 0. The molecule has 2 aliphatic carbocycles. The lowest BCUT2D eigenvalue weighted by molar-refractivity contribution is 1.27. The molecule has 0 spiro atoms. The van der Waals surface area contributed by atoms with Gasteiger partial charge in [-0.05, 0) is 16.7 Å². The van der Waals surface area contributed by atoms with Crippen molar-refractivity contribution in [2.75, 3.05) is 0 Å². The van der Waals surface area contributed by atoms with Crippen molar-refractivity contribution in [3.8, 4) is 17.2 Å². The number of fused-ring (bicyclic) bond motifs is 1. The van der Waals surface area contributed by atoms with Crippen LogP contribution in [0.1, 0.15) is 5.56 Å². The monoisotopic (exact) mass is 167 g/mol. The van der Waals surface area contributed by atoms with Crippen LogP contribution in [0.2, 0.25) is 0 Å². The van der Waals surface area contributed by atoms with Gasteiger partial charge in [0.15, 0.2) is 0 Å². The lowest BCUT2D eigenvalue weighted by atomic mass is 10.1. The highest BCUT2D eigenvalue weighted by atomic mass is 14.2. The van der Waals surface area contributed by atoms with E-state index in [9.17, 15) is 0 Å². The molecule has 1 nitrogen and oxygen atoms in total. The van der Waals surface area contributed by atoms with Gasteiger partial charge >= 0.3 is 0 Å². The lowest BCUT2D eigenvalue weighted by Crippen LogP contribution is -1.75. The number of hydrogen-bond donors (Lipinski definition) is 0. The van der Waals surface area contributed by atoms with Crippen molar-refractivity contribution < 1.29 is 0 Å². The van der Waals surface area contributed by atoms with Crippen LogP contribution < -0.4 is 0 Å². The summed E-state index contributed by atoms with van der Waals surface area (Å²) in [6.45, 7) is 0. The van der Waals surface area contributed by atoms with E-state index in [1.54, 1.807) is 0 Å². The SMILES string of the molecule is N#CCc1cccc2cccc-2c1. The Hall–Kier alpha value is -1.81. The van der Waals surface area contributed by atoms with Crippen LogP contribution in [0.15, 0.2) is 42.5 Å².